The normalized spacial score (nSPS) is 12.7. The number of anilines is 1. The minimum Gasteiger partial charge on any atom is -0.507 e. The van der Waals surface area contributed by atoms with Crippen molar-refractivity contribution in [1.29, 1.82) is 0 Å². The standard InChI is InChI=1S/C30H39N3O6S/c1-19-11-23(12-20(2)29(19)37)17-31-28(36)14-21-7-6-8-22(13-21)16-30(3,4)32-18-27(35)24-9-10-26(34)25(15-24)33-40(5,38)39/h6-13,15,27,32-35,37H,14,16-18H2,1-5H3,(H,31,36)/t27-/m1/s1. The quantitative estimate of drug-likeness (QED) is 0.183. The van der Waals surface area contributed by atoms with Gasteiger partial charge >= 0.3 is 0 Å². The molecule has 1 amide bonds. The maximum Gasteiger partial charge on any atom is 0.229 e. The van der Waals surface area contributed by atoms with E-state index in [4.69, 9.17) is 0 Å². The van der Waals surface area contributed by atoms with Crippen LogP contribution in [0.4, 0.5) is 5.69 Å². The number of nitrogens with one attached hydrogen (secondary N) is 3. The number of amides is 1. The van der Waals surface area contributed by atoms with E-state index < -0.39 is 21.7 Å². The monoisotopic (exact) mass is 569 g/mol. The van der Waals surface area contributed by atoms with Gasteiger partial charge in [0.1, 0.15) is 11.5 Å². The summed E-state index contributed by atoms with van der Waals surface area (Å²) in [4.78, 5) is 12.6. The highest BCUT2D eigenvalue weighted by molar-refractivity contribution is 7.92. The van der Waals surface area contributed by atoms with Crippen LogP contribution in [0.5, 0.6) is 11.5 Å². The largest absolute Gasteiger partial charge is 0.507 e. The Morgan fingerprint density at radius 3 is 2.25 bits per heavy atom. The summed E-state index contributed by atoms with van der Waals surface area (Å²) in [5.74, 6) is -0.0522. The van der Waals surface area contributed by atoms with Crippen LogP contribution in [0.15, 0.2) is 54.6 Å². The van der Waals surface area contributed by atoms with E-state index in [0.29, 0.717) is 18.5 Å². The number of phenolic OH excluding ortho intramolecular Hbond substituents is 2. The number of aliphatic hydroxyl groups excluding tert-OH is 1. The molecule has 0 aliphatic carbocycles. The molecule has 0 fully saturated rings. The number of β-amino-alcohol motifs (C(OH)–C–C–N with tert-alkyl or cyclic N) is 1. The highest BCUT2D eigenvalue weighted by Crippen LogP contribution is 2.28. The van der Waals surface area contributed by atoms with E-state index in [0.717, 1.165) is 34.1 Å². The first-order valence-corrected chi connectivity index (χ1v) is 14.9. The second kappa shape index (κ2) is 12.7. The Labute approximate surface area is 236 Å². The van der Waals surface area contributed by atoms with Crippen molar-refractivity contribution < 1.29 is 28.5 Å². The molecule has 10 heteroatoms. The molecule has 3 rings (SSSR count). The summed E-state index contributed by atoms with van der Waals surface area (Å²) in [6.45, 7) is 8.27. The van der Waals surface area contributed by atoms with Gasteiger partial charge in [-0.2, -0.15) is 0 Å². The van der Waals surface area contributed by atoms with E-state index in [1.807, 2.05) is 64.1 Å². The Balaban J connectivity index is 1.56. The summed E-state index contributed by atoms with van der Waals surface area (Å²) < 4.78 is 25.3. The number of aryl methyl sites for hydroxylation is 2. The van der Waals surface area contributed by atoms with Crippen LogP contribution in [-0.2, 0) is 34.2 Å². The fraction of sp³-hybridized carbons (Fsp3) is 0.367. The third-order valence-corrected chi connectivity index (χ3v) is 7.11. The number of benzene rings is 3. The lowest BCUT2D eigenvalue weighted by molar-refractivity contribution is -0.120. The molecule has 9 nitrogen and oxygen atoms in total. The lowest BCUT2D eigenvalue weighted by Crippen LogP contribution is -2.43. The number of hydrogen-bond acceptors (Lipinski definition) is 7. The fourth-order valence-electron chi connectivity index (χ4n) is 4.55. The number of phenols is 2. The number of carbonyl (C=O) groups excluding carboxylic acids is 1. The SMILES string of the molecule is Cc1cc(CNC(=O)Cc2cccc(CC(C)(C)NC[C@@H](O)c3ccc(O)c(NS(C)(=O)=O)c3)c2)cc(C)c1O. The van der Waals surface area contributed by atoms with Crippen molar-refractivity contribution in [3.63, 3.8) is 0 Å². The van der Waals surface area contributed by atoms with E-state index >= 15 is 0 Å². The van der Waals surface area contributed by atoms with Gasteiger partial charge in [0.15, 0.2) is 0 Å². The van der Waals surface area contributed by atoms with Gasteiger partial charge in [-0.3, -0.25) is 9.52 Å². The first kappa shape index (κ1) is 30.9. The van der Waals surface area contributed by atoms with Gasteiger partial charge in [-0.05, 0) is 79.6 Å². The lowest BCUT2D eigenvalue weighted by atomic mass is 9.93. The summed E-state index contributed by atoms with van der Waals surface area (Å²) in [5, 5.41) is 36.9. The molecule has 0 heterocycles. The number of rotatable bonds is 12. The summed E-state index contributed by atoms with van der Waals surface area (Å²) in [6, 6.07) is 15.8. The Hall–Kier alpha value is -3.60. The van der Waals surface area contributed by atoms with Gasteiger partial charge in [-0.1, -0.05) is 42.5 Å². The molecule has 3 aromatic carbocycles. The van der Waals surface area contributed by atoms with Crippen LogP contribution in [0, 0.1) is 13.8 Å². The van der Waals surface area contributed by atoms with Crippen LogP contribution < -0.4 is 15.4 Å². The molecule has 40 heavy (non-hydrogen) atoms. The van der Waals surface area contributed by atoms with Crippen LogP contribution >= 0.6 is 0 Å². The third-order valence-electron chi connectivity index (χ3n) is 6.52. The van der Waals surface area contributed by atoms with Crippen LogP contribution in [0.3, 0.4) is 0 Å². The molecule has 0 unspecified atom stereocenters. The minimum absolute atomic E-state index is 0.00690. The highest BCUT2D eigenvalue weighted by atomic mass is 32.2. The summed E-state index contributed by atoms with van der Waals surface area (Å²) >= 11 is 0. The molecule has 0 aromatic heterocycles. The van der Waals surface area contributed by atoms with Crippen LogP contribution in [0.1, 0.15) is 53.3 Å². The molecule has 3 aromatic rings. The Morgan fingerprint density at radius 1 is 0.950 bits per heavy atom. The molecular weight excluding hydrogens is 530 g/mol. The van der Waals surface area contributed by atoms with Crippen LogP contribution in [0.25, 0.3) is 0 Å². The number of carbonyl (C=O) groups is 1. The van der Waals surface area contributed by atoms with Gasteiger partial charge in [0, 0.05) is 18.6 Å². The first-order chi connectivity index (χ1) is 18.6. The Bertz CT molecular complexity index is 1450. The average Bonchev–Trinajstić information content (AvgIpc) is 2.85. The van der Waals surface area contributed by atoms with Crippen molar-refractivity contribution in [3.8, 4) is 11.5 Å². The Morgan fingerprint density at radius 2 is 1.60 bits per heavy atom. The fourth-order valence-corrected chi connectivity index (χ4v) is 5.11. The molecule has 6 N–H and O–H groups in total. The number of sulfonamides is 1. The van der Waals surface area contributed by atoms with E-state index in [2.05, 4.69) is 15.4 Å². The van der Waals surface area contributed by atoms with E-state index in [-0.39, 0.29) is 36.1 Å². The van der Waals surface area contributed by atoms with Gasteiger partial charge in [-0.25, -0.2) is 8.42 Å². The molecule has 0 bridgehead atoms. The number of hydrogen-bond donors (Lipinski definition) is 6. The van der Waals surface area contributed by atoms with Crippen LogP contribution in [0.2, 0.25) is 0 Å². The molecule has 0 spiro atoms. The van der Waals surface area contributed by atoms with Crippen molar-refractivity contribution in [2.75, 3.05) is 17.5 Å². The molecule has 0 saturated heterocycles. The molecule has 0 radical (unpaired) electrons. The van der Waals surface area contributed by atoms with E-state index in [1.54, 1.807) is 6.07 Å². The molecule has 1 atom stereocenters. The van der Waals surface area contributed by atoms with Crippen molar-refractivity contribution >= 4 is 21.6 Å². The third kappa shape index (κ3) is 9.25. The minimum atomic E-state index is -3.58. The molecule has 0 aliphatic heterocycles. The number of aliphatic hydroxyl groups is 1. The lowest BCUT2D eigenvalue weighted by Gasteiger charge is -2.28. The zero-order valence-corrected chi connectivity index (χ0v) is 24.4. The Kier molecular flexibility index (Phi) is 9.83. The number of aromatic hydroxyl groups is 2. The van der Waals surface area contributed by atoms with Crippen molar-refractivity contribution in [2.45, 2.75) is 58.7 Å². The summed E-state index contributed by atoms with van der Waals surface area (Å²) in [5.41, 5.74) is 4.46. The van der Waals surface area contributed by atoms with Gasteiger partial charge in [0.25, 0.3) is 0 Å². The average molecular weight is 570 g/mol. The van der Waals surface area contributed by atoms with E-state index in [1.165, 1.54) is 12.1 Å². The maximum atomic E-state index is 12.6. The summed E-state index contributed by atoms with van der Waals surface area (Å²) in [6.07, 6.45) is 0.926. The molecular formula is C30H39N3O6S. The smallest absolute Gasteiger partial charge is 0.229 e. The zero-order valence-electron chi connectivity index (χ0n) is 23.6. The predicted molar refractivity (Wildman–Crippen MR) is 157 cm³/mol. The van der Waals surface area contributed by atoms with Crippen molar-refractivity contribution in [2.24, 2.45) is 0 Å². The summed E-state index contributed by atoms with van der Waals surface area (Å²) in [7, 11) is -3.58. The van der Waals surface area contributed by atoms with Crippen LogP contribution in [-0.4, -0.2) is 48.0 Å². The van der Waals surface area contributed by atoms with Gasteiger partial charge in [0.05, 0.1) is 24.5 Å². The highest BCUT2D eigenvalue weighted by Gasteiger charge is 2.21. The first-order valence-electron chi connectivity index (χ1n) is 13.0. The second-order valence-electron chi connectivity index (χ2n) is 11.0. The van der Waals surface area contributed by atoms with Crippen molar-refractivity contribution in [1.82, 2.24) is 10.6 Å². The maximum absolute atomic E-state index is 12.6. The van der Waals surface area contributed by atoms with Crippen molar-refractivity contribution in [3.05, 3.63) is 88.0 Å². The topological polar surface area (TPSA) is 148 Å². The second-order valence-corrected chi connectivity index (χ2v) is 12.7. The zero-order chi connectivity index (χ0) is 29.7. The van der Waals surface area contributed by atoms with Gasteiger partial charge in [-0.15, -0.1) is 0 Å². The van der Waals surface area contributed by atoms with Gasteiger partial charge < -0.3 is 26.0 Å². The molecule has 0 saturated carbocycles. The molecule has 216 valence electrons. The van der Waals surface area contributed by atoms with E-state index in [9.17, 15) is 28.5 Å². The predicted octanol–water partition coefficient (Wildman–Crippen LogP) is 3.59. The van der Waals surface area contributed by atoms with Gasteiger partial charge in [0.2, 0.25) is 15.9 Å². The molecule has 0 aliphatic rings.